The van der Waals surface area contributed by atoms with Gasteiger partial charge in [0.1, 0.15) is 9.29 Å². The lowest BCUT2D eigenvalue weighted by atomic mass is 10.2. The highest BCUT2D eigenvalue weighted by molar-refractivity contribution is 8.22. The first kappa shape index (κ1) is 31.8. The molecule has 0 aliphatic heterocycles. The minimum Gasteiger partial charge on any atom is -0.417 e. The van der Waals surface area contributed by atoms with E-state index in [1.807, 2.05) is 19.1 Å². The number of benzene rings is 1. The van der Waals surface area contributed by atoms with Gasteiger partial charge in [0.05, 0.1) is 4.90 Å². The first-order chi connectivity index (χ1) is 15.2. The molecule has 0 spiro atoms. The maximum Gasteiger partial charge on any atom is 0.198 e. The minimum absolute atomic E-state index is 0.156. The standard InChI is InChI=1S/C26H52O4SSi3/c1-23-15-17-24(18-16-23)31(27,28)34(12,21-13-19-29-32(8,9)25(2,3)4)22-14-20-30-33(10,11)26(5,6)7/h15-18H,13-14,19-22H2,1-12H3. The molecule has 0 saturated heterocycles. The number of rotatable bonds is 12. The van der Waals surface area contributed by atoms with Gasteiger partial charge in [0.2, 0.25) is 0 Å². The molecule has 198 valence electrons. The second-order valence-corrected chi connectivity index (χ2v) is 32.8. The van der Waals surface area contributed by atoms with Crippen LogP contribution in [-0.2, 0) is 18.1 Å². The molecule has 0 atom stereocenters. The Morgan fingerprint density at radius 1 is 0.706 bits per heavy atom. The van der Waals surface area contributed by atoms with Crippen LogP contribution < -0.4 is 0 Å². The van der Waals surface area contributed by atoms with Gasteiger partial charge in [0, 0.05) is 13.2 Å². The molecule has 0 bridgehead atoms. The summed E-state index contributed by atoms with van der Waals surface area (Å²) in [5.41, 5.74) is 1.08. The van der Waals surface area contributed by atoms with Gasteiger partial charge < -0.3 is 8.85 Å². The van der Waals surface area contributed by atoms with Gasteiger partial charge in [-0.25, -0.2) is 8.42 Å². The lowest BCUT2D eigenvalue weighted by molar-refractivity contribution is 0.285. The third-order valence-corrected chi connectivity index (χ3v) is 28.1. The van der Waals surface area contributed by atoms with E-state index in [4.69, 9.17) is 8.85 Å². The Kier molecular flexibility index (Phi) is 10.7. The van der Waals surface area contributed by atoms with Gasteiger partial charge in [-0.1, -0.05) is 65.8 Å². The molecule has 1 aromatic rings. The fourth-order valence-electron chi connectivity index (χ4n) is 3.38. The summed E-state index contributed by atoms with van der Waals surface area (Å²) in [5, 5.41) is 0.311. The number of aryl methyl sites for hydroxylation is 1. The second kappa shape index (κ2) is 11.4. The van der Waals surface area contributed by atoms with Crippen molar-refractivity contribution in [3.8, 4) is 0 Å². The zero-order valence-corrected chi connectivity index (χ0v) is 27.9. The molecule has 0 N–H and O–H groups in total. The van der Waals surface area contributed by atoms with E-state index in [-0.39, 0.29) is 10.1 Å². The van der Waals surface area contributed by atoms with Crippen LogP contribution in [0.4, 0.5) is 0 Å². The maximum atomic E-state index is 13.9. The van der Waals surface area contributed by atoms with Crippen LogP contribution >= 0.6 is 0 Å². The fraction of sp³-hybridized carbons (Fsp3) is 0.769. The van der Waals surface area contributed by atoms with Crippen molar-refractivity contribution < 1.29 is 17.3 Å². The Hall–Kier alpha value is -0.259. The molecule has 1 aromatic carbocycles. The van der Waals surface area contributed by atoms with Crippen LogP contribution in [0.1, 0.15) is 59.9 Å². The molecule has 8 heteroatoms. The predicted octanol–water partition coefficient (Wildman–Crippen LogP) is 8.17. The Balaban J connectivity index is 2.99. The van der Waals surface area contributed by atoms with E-state index >= 15 is 0 Å². The fourth-order valence-corrected chi connectivity index (χ4v) is 13.8. The van der Waals surface area contributed by atoms with Crippen molar-refractivity contribution in [1.82, 2.24) is 0 Å². The Bertz CT molecular complexity index is 846. The molecular weight excluding hydrogens is 493 g/mol. The average molecular weight is 545 g/mol. The van der Waals surface area contributed by atoms with E-state index in [0.29, 0.717) is 18.1 Å². The second-order valence-electron chi connectivity index (χ2n) is 13.2. The lowest BCUT2D eigenvalue weighted by Gasteiger charge is -2.37. The van der Waals surface area contributed by atoms with Gasteiger partial charge in [-0.05, 0) is 80.3 Å². The summed E-state index contributed by atoms with van der Waals surface area (Å²) in [6.45, 7) is 27.8. The minimum atomic E-state index is -3.36. The molecule has 0 aliphatic rings. The van der Waals surface area contributed by atoms with Crippen LogP contribution in [0.2, 0.25) is 54.9 Å². The average Bonchev–Trinajstić information content (AvgIpc) is 2.67. The summed E-state index contributed by atoms with van der Waals surface area (Å²) < 4.78 is 40.5. The molecule has 0 amide bonds. The summed E-state index contributed by atoms with van der Waals surface area (Å²) in [6.07, 6.45) is 1.59. The Morgan fingerprint density at radius 3 is 1.38 bits per heavy atom. The zero-order valence-electron chi connectivity index (χ0n) is 24.1. The molecule has 0 aromatic heterocycles. The van der Waals surface area contributed by atoms with E-state index in [1.54, 1.807) is 12.1 Å². The molecule has 1 rings (SSSR count). The highest BCUT2D eigenvalue weighted by Crippen LogP contribution is 2.38. The molecule has 0 fully saturated rings. The van der Waals surface area contributed by atoms with Crippen LogP contribution in [-0.4, -0.2) is 45.5 Å². The monoisotopic (exact) mass is 544 g/mol. The van der Waals surface area contributed by atoms with Crippen molar-refractivity contribution in [2.24, 2.45) is 0 Å². The van der Waals surface area contributed by atoms with Gasteiger partial charge in [-0.15, -0.1) is 0 Å². The van der Waals surface area contributed by atoms with Crippen molar-refractivity contribution >= 4 is 33.1 Å². The van der Waals surface area contributed by atoms with E-state index in [9.17, 15) is 8.42 Å². The first-order valence-corrected chi connectivity index (χ1v) is 23.7. The van der Waals surface area contributed by atoms with E-state index in [1.165, 1.54) is 0 Å². The largest absolute Gasteiger partial charge is 0.417 e. The van der Waals surface area contributed by atoms with Crippen molar-refractivity contribution in [2.75, 3.05) is 13.2 Å². The van der Waals surface area contributed by atoms with Crippen molar-refractivity contribution in [1.29, 1.82) is 0 Å². The summed E-state index contributed by atoms with van der Waals surface area (Å²) in [5.74, 6) is 0. The van der Waals surface area contributed by atoms with Gasteiger partial charge in [-0.3, -0.25) is 0 Å². The molecule has 0 radical (unpaired) electrons. The normalized spacial score (nSPS) is 14.5. The first-order valence-electron chi connectivity index (χ1n) is 12.8. The van der Waals surface area contributed by atoms with Crippen LogP contribution in [0.25, 0.3) is 0 Å². The van der Waals surface area contributed by atoms with Gasteiger partial charge in [-0.2, -0.15) is 0 Å². The number of hydrogen-bond donors (Lipinski definition) is 0. The predicted molar refractivity (Wildman–Crippen MR) is 155 cm³/mol. The molecule has 4 nitrogen and oxygen atoms in total. The summed E-state index contributed by atoms with van der Waals surface area (Å²) in [7, 11) is -9.71. The maximum absolute atomic E-state index is 13.9. The lowest BCUT2D eigenvalue weighted by Crippen LogP contribution is -2.44. The van der Waals surface area contributed by atoms with Gasteiger partial charge in [0.25, 0.3) is 0 Å². The van der Waals surface area contributed by atoms with Gasteiger partial charge in [0.15, 0.2) is 23.9 Å². The van der Waals surface area contributed by atoms with Gasteiger partial charge >= 0.3 is 0 Å². The van der Waals surface area contributed by atoms with Crippen LogP contribution in [0.3, 0.4) is 0 Å². The molecule has 0 aliphatic carbocycles. The van der Waals surface area contributed by atoms with E-state index in [0.717, 1.165) is 30.5 Å². The SMILES string of the molecule is Cc1ccc(S(=O)(=O)[Si](C)(CCCO[Si](C)(C)C(C)(C)C)CCCO[Si](C)(C)C(C)(C)C)cc1. The van der Waals surface area contributed by atoms with Crippen LogP contribution in [0.15, 0.2) is 29.2 Å². The zero-order chi connectivity index (χ0) is 26.6. The Labute approximate surface area is 214 Å². The topological polar surface area (TPSA) is 52.6 Å². The quantitative estimate of drug-likeness (QED) is 0.197. The van der Waals surface area contributed by atoms with Crippen molar-refractivity contribution in [3.63, 3.8) is 0 Å². The highest BCUT2D eigenvalue weighted by Gasteiger charge is 2.43. The highest BCUT2D eigenvalue weighted by atomic mass is 32.4. The van der Waals surface area contributed by atoms with Crippen LogP contribution in [0, 0.1) is 6.92 Å². The summed E-state index contributed by atoms with van der Waals surface area (Å²) >= 11 is 0. The van der Waals surface area contributed by atoms with Crippen molar-refractivity contribution in [3.05, 3.63) is 29.8 Å². The molecular formula is C26H52O4SSi3. The van der Waals surface area contributed by atoms with E-state index < -0.39 is 33.1 Å². The van der Waals surface area contributed by atoms with Crippen LogP contribution in [0.5, 0.6) is 0 Å². The van der Waals surface area contributed by atoms with Crippen molar-refractivity contribution in [2.45, 2.75) is 121 Å². The third kappa shape index (κ3) is 8.13. The molecule has 0 saturated carbocycles. The summed E-state index contributed by atoms with van der Waals surface area (Å²) in [6, 6.07) is 8.82. The van der Waals surface area contributed by atoms with E-state index in [2.05, 4.69) is 74.3 Å². The smallest absolute Gasteiger partial charge is 0.198 e. The Morgan fingerprint density at radius 2 is 1.06 bits per heavy atom. The molecule has 0 heterocycles. The molecule has 34 heavy (non-hydrogen) atoms. The number of hydrogen-bond acceptors (Lipinski definition) is 4. The molecule has 0 unspecified atom stereocenters. The third-order valence-electron chi connectivity index (χ3n) is 8.22. The summed E-state index contributed by atoms with van der Waals surface area (Å²) in [4.78, 5) is 0.475.